The van der Waals surface area contributed by atoms with E-state index >= 15 is 0 Å². The number of nitrogens with one attached hydrogen (secondary N) is 2. The Morgan fingerprint density at radius 1 is 0.958 bits per heavy atom. The summed E-state index contributed by atoms with van der Waals surface area (Å²) in [5.41, 5.74) is 2.34. The number of ether oxygens (including phenoxy) is 2. The van der Waals surface area contributed by atoms with Crippen molar-refractivity contribution in [2.45, 2.75) is 13.2 Å². The highest BCUT2D eigenvalue weighted by molar-refractivity contribution is 5.79. The van der Waals surface area contributed by atoms with E-state index in [4.69, 9.17) is 9.47 Å². The molecule has 2 aromatic carbocycles. The number of benzene rings is 2. The predicted molar refractivity (Wildman–Crippen MR) is 97.3 cm³/mol. The molecule has 5 heteroatoms. The molecule has 0 atom stereocenters. The SMILES string of the molecule is CN=C(NCCOC)NCc1ccccc1COc1ccccc1. The summed E-state index contributed by atoms with van der Waals surface area (Å²) in [6.45, 7) is 2.58. The summed E-state index contributed by atoms with van der Waals surface area (Å²) in [7, 11) is 3.44. The lowest BCUT2D eigenvalue weighted by molar-refractivity contribution is 0.203. The van der Waals surface area contributed by atoms with E-state index in [9.17, 15) is 0 Å². The Labute approximate surface area is 143 Å². The molecule has 0 aliphatic rings. The van der Waals surface area contributed by atoms with Crippen molar-refractivity contribution in [2.75, 3.05) is 27.3 Å². The van der Waals surface area contributed by atoms with Crippen LogP contribution >= 0.6 is 0 Å². The van der Waals surface area contributed by atoms with Crippen LogP contribution in [-0.4, -0.2) is 33.3 Å². The largest absolute Gasteiger partial charge is 0.489 e. The van der Waals surface area contributed by atoms with E-state index in [1.54, 1.807) is 14.2 Å². The summed E-state index contributed by atoms with van der Waals surface area (Å²) in [4.78, 5) is 4.21. The lowest BCUT2D eigenvalue weighted by Gasteiger charge is -2.14. The van der Waals surface area contributed by atoms with Gasteiger partial charge in [0.1, 0.15) is 12.4 Å². The molecule has 5 nitrogen and oxygen atoms in total. The third-order valence-corrected chi connectivity index (χ3v) is 3.52. The van der Waals surface area contributed by atoms with Gasteiger partial charge in [0.2, 0.25) is 0 Å². The van der Waals surface area contributed by atoms with Crippen LogP contribution in [0.3, 0.4) is 0 Å². The van der Waals surface area contributed by atoms with E-state index in [0.717, 1.165) is 23.8 Å². The van der Waals surface area contributed by atoms with Crippen LogP contribution < -0.4 is 15.4 Å². The van der Waals surface area contributed by atoms with Gasteiger partial charge in [-0.1, -0.05) is 42.5 Å². The molecular weight excluding hydrogens is 302 g/mol. The predicted octanol–water partition coefficient (Wildman–Crippen LogP) is 2.58. The van der Waals surface area contributed by atoms with Crippen molar-refractivity contribution in [3.8, 4) is 5.75 Å². The smallest absolute Gasteiger partial charge is 0.191 e. The van der Waals surface area contributed by atoms with Gasteiger partial charge in [-0.3, -0.25) is 4.99 Å². The average Bonchev–Trinajstić information content (AvgIpc) is 2.64. The molecule has 2 aromatic rings. The van der Waals surface area contributed by atoms with Crippen molar-refractivity contribution in [3.63, 3.8) is 0 Å². The van der Waals surface area contributed by atoms with Gasteiger partial charge in [-0.2, -0.15) is 0 Å². The lowest BCUT2D eigenvalue weighted by atomic mass is 10.1. The summed E-state index contributed by atoms with van der Waals surface area (Å²) in [6, 6.07) is 18.1. The molecule has 0 bridgehead atoms. The van der Waals surface area contributed by atoms with Gasteiger partial charge in [-0.25, -0.2) is 0 Å². The van der Waals surface area contributed by atoms with Gasteiger partial charge >= 0.3 is 0 Å². The fourth-order valence-corrected chi connectivity index (χ4v) is 2.22. The highest BCUT2D eigenvalue weighted by Gasteiger charge is 2.04. The highest BCUT2D eigenvalue weighted by Crippen LogP contribution is 2.14. The third-order valence-electron chi connectivity index (χ3n) is 3.52. The molecule has 0 saturated heterocycles. The van der Waals surface area contributed by atoms with Crippen molar-refractivity contribution in [1.82, 2.24) is 10.6 Å². The zero-order valence-electron chi connectivity index (χ0n) is 14.3. The number of para-hydroxylation sites is 1. The number of rotatable bonds is 8. The number of guanidine groups is 1. The maximum Gasteiger partial charge on any atom is 0.191 e. The average molecular weight is 327 g/mol. The molecule has 0 aliphatic heterocycles. The van der Waals surface area contributed by atoms with Gasteiger partial charge in [0.15, 0.2) is 5.96 Å². The molecule has 128 valence electrons. The Bertz CT molecular complexity index is 630. The van der Waals surface area contributed by atoms with Gasteiger partial charge < -0.3 is 20.1 Å². The summed E-state index contributed by atoms with van der Waals surface area (Å²) in [6.07, 6.45) is 0. The van der Waals surface area contributed by atoms with Crippen LogP contribution in [0.1, 0.15) is 11.1 Å². The first-order valence-corrected chi connectivity index (χ1v) is 8.01. The Morgan fingerprint density at radius 3 is 2.38 bits per heavy atom. The van der Waals surface area contributed by atoms with E-state index < -0.39 is 0 Å². The van der Waals surface area contributed by atoms with Gasteiger partial charge in [-0.05, 0) is 23.3 Å². The normalized spacial score (nSPS) is 11.2. The van der Waals surface area contributed by atoms with Crippen molar-refractivity contribution in [2.24, 2.45) is 4.99 Å². The Hall–Kier alpha value is -2.53. The van der Waals surface area contributed by atoms with Crippen molar-refractivity contribution in [1.29, 1.82) is 0 Å². The minimum absolute atomic E-state index is 0.539. The summed E-state index contributed by atoms with van der Waals surface area (Å²) < 4.78 is 10.9. The number of hydrogen-bond acceptors (Lipinski definition) is 3. The maximum absolute atomic E-state index is 5.86. The maximum atomic E-state index is 5.86. The van der Waals surface area contributed by atoms with E-state index in [1.165, 1.54) is 5.56 Å². The number of hydrogen-bond donors (Lipinski definition) is 2. The summed E-state index contributed by atoms with van der Waals surface area (Å²) in [5, 5.41) is 6.51. The number of methoxy groups -OCH3 is 1. The third kappa shape index (κ3) is 5.93. The molecular formula is C19H25N3O2. The highest BCUT2D eigenvalue weighted by atomic mass is 16.5. The molecule has 24 heavy (non-hydrogen) atoms. The van der Waals surface area contributed by atoms with Crippen LogP contribution in [0, 0.1) is 0 Å². The van der Waals surface area contributed by atoms with Gasteiger partial charge in [0.05, 0.1) is 6.61 Å². The van der Waals surface area contributed by atoms with E-state index in [0.29, 0.717) is 19.8 Å². The molecule has 0 saturated carbocycles. The van der Waals surface area contributed by atoms with Crippen molar-refractivity contribution < 1.29 is 9.47 Å². The zero-order chi connectivity index (χ0) is 17.0. The molecule has 0 fully saturated rings. The van der Waals surface area contributed by atoms with E-state index in [1.807, 2.05) is 42.5 Å². The second-order valence-electron chi connectivity index (χ2n) is 5.22. The quantitative estimate of drug-likeness (QED) is 0.444. The summed E-state index contributed by atoms with van der Waals surface area (Å²) >= 11 is 0. The zero-order valence-corrected chi connectivity index (χ0v) is 14.3. The molecule has 2 rings (SSSR count). The molecule has 0 aliphatic carbocycles. The van der Waals surface area contributed by atoms with Gasteiger partial charge in [0, 0.05) is 27.2 Å². The molecule has 0 heterocycles. The Balaban J connectivity index is 1.90. The number of aliphatic imine (C=N–C) groups is 1. The summed E-state index contributed by atoms with van der Waals surface area (Å²) in [5.74, 6) is 1.63. The van der Waals surface area contributed by atoms with Crippen LogP contribution in [0.25, 0.3) is 0 Å². The Morgan fingerprint density at radius 2 is 1.67 bits per heavy atom. The van der Waals surface area contributed by atoms with Crippen LogP contribution in [0.4, 0.5) is 0 Å². The van der Waals surface area contributed by atoms with Crippen LogP contribution in [0.15, 0.2) is 59.6 Å². The second-order valence-corrected chi connectivity index (χ2v) is 5.22. The van der Waals surface area contributed by atoms with Crippen LogP contribution in [-0.2, 0) is 17.9 Å². The fourth-order valence-electron chi connectivity index (χ4n) is 2.22. The molecule has 0 amide bonds. The topological polar surface area (TPSA) is 54.9 Å². The van der Waals surface area contributed by atoms with Crippen molar-refractivity contribution in [3.05, 3.63) is 65.7 Å². The minimum Gasteiger partial charge on any atom is -0.489 e. The first-order valence-electron chi connectivity index (χ1n) is 8.01. The monoisotopic (exact) mass is 327 g/mol. The van der Waals surface area contributed by atoms with Crippen LogP contribution in [0.5, 0.6) is 5.75 Å². The van der Waals surface area contributed by atoms with Gasteiger partial charge in [0.25, 0.3) is 0 Å². The second kappa shape index (κ2) is 10.3. The Kier molecular flexibility index (Phi) is 7.63. The minimum atomic E-state index is 0.539. The van der Waals surface area contributed by atoms with Crippen molar-refractivity contribution >= 4 is 5.96 Å². The molecule has 0 radical (unpaired) electrons. The first kappa shape index (κ1) is 17.8. The van der Waals surface area contributed by atoms with Gasteiger partial charge in [-0.15, -0.1) is 0 Å². The fraction of sp³-hybridized carbons (Fsp3) is 0.316. The van der Waals surface area contributed by atoms with E-state index in [-0.39, 0.29) is 0 Å². The molecule has 0 spiro atoms. The standard InChI is InChI=1S/C19H25N3O2/c1-20-19(21-12-13-23-2)22-14-16-8-6-7-9-17(16)15-24-18-10-4-3-5-11-18/h3-11H,12-15H2,1-2H3,(H2,20,21,22). The number of nitrogens with zero attached hydrogens (tertiary/aromatic N) is 1. The van der Waals surface area contributed by atoms with Crippen LogP contribution in [0.2, 0.25) is 0 Å². The first-order chi connectivity index (χ1) is 11.8. The molecule has 0 aromatic heterocycles. The van der Waals surface area contributed by atoms with E-state index in [2.05, 4.69) is 27.8 Å². The lowest BCUT2D eigenvalue weighted by Crippen LogP contribution is -2.38. The molecule has 2 N–H and O–H groups in total. The molecule has 0 unspecified atom stereocenters.